The molecule has 1 N–H and O–H groups in total. The molecule has 0 atom stereocenters. The molecule has 0 amide bonds. The lowest BCUT2D eigenvalue weighted by atomic mass is 9.99. The maximum atomic E-state index is 9.46. The van der Waals surface area contributed by atoms with Crippen LogP contribution in [-0.2, 0) is 4.74 Å². The molecule has 1 aliphatic rings. The highest BCUT2D eigenvalue weighted by Gasteiger charge is 2.13. The summed E-state index contributed by atoms with van der Waals surface area (Å²) in [4.78, 5) is 5.90. The molecule has 0 bridgehead atoms. The van der Waals surface area contributed by atoms with Gasteiger partial charge in [-0.25, -0.2) is 0 Å². The van der Waals surface area contributed by atoms with Crippen LogP contribution in [0, 0.1) is 11.3 Å². The van der Waals surface area contributed by atoms with E-state index in [2.05, 4.69) is 58.4 Å². The van der Waals surface area contributed by atoms with Crippen molar-refractivity contribution in [3.63, 3.8) is 0 Å². The molecule has 0 unspecified atom stereocenters. The van der Waals surface area contributed by atoms with E-state index in [0.29, 0.717) is 11.3 Å². The zero-order valence-corrected chi connectivity index (χ0v) is 17.4. The molecule has 1 fully saturated rings. The zero-order valence-electron chi connectivity index (χ0n) is 17.4. The van der Waals surface area contributed by atoms with Gasteiger partial charge in [0.15, 0.2) is 0 Å². The van der Waals surface area contributed by atoms with Crippen molar-refractivity contribution in [2.45, 2.75) is 0 Å². The molecular weight excluding hydrogens is 386 g/mol. The number of fused-ring (bicyclic) bond motifs is 1. The number of ether oxygens (including phenoxy) is 2. The number of rotatable bonds is 4. The summed E-state index contributed by atoms with van der Waals surface area (Å²) < 4.78 is 10.7. The molecule has 5 nitrogen and oxygen atoms in total. The predicted molar refractivity (Wildman–Crippen MR) is 123 cm³/mol. The van der Waals surface area contributed by atoms with Crippen molar-refractivity contribution in [1.82, 2.24) is 4.98 Å². The van der Waals surface area contributed by atoms with Crippen LogP contribution in [0.1, 0.15) is 5.56 Å². The van der Waals surface area contributed by atoms with Crippen LogP contribution in [0.15, 0.2) is 66.7 Å². The van der Waals surface area contributed by atoms with E-state index in [1.54, 1.807) is 7.11 Å². The molecule has 0 aliphatic carbocycles. The molecule has 0 saturated carbocycles. The summed E-state index contributed by atoms with van der Waals surface area (Å²) in [5.41, 5.74) is 7.13. The number of methoxy groups -OCH3 is 1. The zero-order chi connectivity index (χ0) is 21.2. The molecule has 1 saturated heterocycles. The SMILES string of the molecule is COc1ccc(-c2cccc3[nH]c(-c4ccc(N5CCOCC5)cc4)cc23)cc1C#N. The summed E-state index contributed by atoms with van der Waals surface area (Å²) in [7, 11) is 1.58. The van der Waals surface area contributed by atoms with Gasteiger partial charge in [-0.05, 0) is 53.1 Å². The van der Waals surface area contributed by atoms with Crippen molar-refractivity contribution in [2.75, 3.05) is 38.3 Å². The Balaban J connectivity index is 1.51. The third-order valence-electron chi connectivity index (χ3n) is 5.85. The van der Waals surface area contributed by atoms with Gasteiger partial charge < -0.3 is 19.4 Å². The fraction of sp³-hybridized carbons (Fsp3) is 0.192. The number of nitrogens with one attached hydrogen (secondary N) is 1. The highest BCUT2D eigenvalue weighted by Crippen LogP contribution is 2.34. The number of hydrogen-bond acceptors (Lipinski definition) is 4. The van der Waals surface area contributed by atoms with Crippen LogP contribution in [0.25, 0.3) is 33.3 Å². The van der Waals surface area contributed by atoms with Crippen molar-refractivity contribution in [2.24, 2.45) is 0 Å². The van der Waals surface area contributed by atoms with E-state index in [1.165, 1.54) is 5.69 Å². The smallest absolute Gasteiger partial charge is 0.136 e. The lowest BCUT2D eigenvalue weighted by molar-refractivity contribution is 0.122. The van der Waals surface area contributed by atoms with Crippen LogP contribution >= 0.6 is 0 Å². The lowest BCUT2D eigenvalue weighted by Gasteiger charge is -2.28. The van der Waals surface area contributed by atoms with Crippen molar-refractivity contribution in [3.05, 3.63) is 72.3 Å². The number of anilines is 1. The second kappa shape index (κ2) is 8.17. The maximum absolute atomic E-state index is 9.46. The first kappa shape index (κ1) is 19.2. The Bertz CT molecular complexity index is 1260. The first-order chi connectivity index (χ1) is 15.3. The third kappa shape index (κ3) is 3.63. The first-order valence-corrected chi connectivity index (χ1v) is 10.4. The number of morpholine rings is 1. The molecule has 3 aromatic carbocycles. The van der Waals surface area contributed by atoms with Gasteiger partial charge in [-0.15, -0.1) is 0 Å². The summed E-state index contributed by atoms with van der Waals surface area (Å²) in [5.74, 6) is 0.591. The van der Waals surface area contributed by atoms with Gasteiger partial charge in [0.2, 0.25) is 0 Å². The fourth-order valence-corrected chi connectivity index (χ4v) is 4.20. The Kier molecular flexibility index (Phi) is 5.07. The molecule has 154 valence electrons. The molecule has 1 aliphatic heterocycles. The van der Waals surface area contributed by atoms with Crippen LogP contribution in [0.3, 0.4) is 0 Å². The Labute approximate surface area is 181 Å². The number of H-pyrrole nitrogens is 1. The number of aromatic amines is 1. The molecule has 2 heterocycles. The fourth-order valence-electron chi connectivity index (χ4n) is 4.20. The molecular formula is C26H23N3O2. The Morgan fingerprint density at radius 3 is 2.48 bits per heavy atom. The van der Waals surface area contributed by atoms with Gasteiger partial charge in [-0.3, -0.25) is 0 Å². The topological polar surface area (TPSA) is 61.3 Å². The van der Waals surface area contributed by atoms with E-state index in [1.807, 2.05) is 24.3 Å². The van der Waals surface area contributed by atoms with E-state index in [0.717, 1.165) is 59.6 Å². The van der Waals surface area contributed by atoms with Crippen LogP contribution < -0.4 is 9.64 Å². The van der Waals surface area contributed by atoms with E-state index >= 15 is 0 Å². The Morgan fingerprint density at radius 2 is 1.74 bits per heavy atom. The number of hydrogen-bond donors (Lipinski definition) is 1. The van der Waals surface area contributed by atoms with E-state index in [4.69, 9.17) is 9.47 Å². The third-order valence-corrected chi connectivity index (χ3v) is 5.85. The summed E-state index contributed by atoms with van der Waals surface area (Å²) in [5, 5.41) is 10.6. The van der Waals surface area contributed by atoms with Crippen molar-refractivity contribution >= 4 is 16.6 Å². The van der Waals surface area contributed by atoms with Crippen molar-refractivity contribution in [3.8, 4) is 34.2 Å². The number of nitriles is 1. The van der Waals surface area contributed by atoms with Gasteiger partial charge >= 0.3 is 0 Å². The minimum Gasteiger partial charge on any atom is -0.495 e. The number of aromatic nitrogens is 1. The van der Waals surface area contributed by atoms with Crippen LogP contribution in [0.5, 0.6) is 5.75 Å². The highest BCUT2D eigenvalue weighted by atomic mass is 16.5. The molecule has 0 radical (unpaired) electrons. The van der Waals surface area contributed by atoms with Gasteiger partial charge in [0.25, 0.3) is 0 Å². The van der Waals surface area contributed by atoms with E-state index < -0.39 is 0 Å². The average Bonchev–Trinajstić information content (AvgIpc) is 3.29. The van der Waals surface area contributed by atoms with Crippen LogP contribution in [-0.4, -0.2) is 38.4 Å². The van der Waals surface area contributed by atoms with Gasteiger partial charge in [-0.1, -0.05) is 30.3 Å². The molecule has 1 aromatic heterocycles. The molecule has 5 rings (SSSR count). The first-order valence-electron chi connectivity index (χ1n) is 10.4. The van der Waals surface area contributed by atoms with Crippen molar-refractivity contribution < 1.29 is 9.47 Å². The molecule has 4 aromatic rings. The summed E-state index contributed by atoms with van der Waals surface area (Å²) >= 11 is 0. The van der Waals surface area contributed by atoms with Crippen LogP contribution in [0.4, 0.5) is 5.69 Å². The van der Waals surface area contributed by atoms with Gasteiger partial charge in [0.05, 0.1) is 25.9 Å². The highest BCUT2D eigenvalue weighted by molar-refractivity contribution is 5.98. The maximum Gasteiger partial charge on any atom is 0.136 e. The monoisotopic (exact) mass is 409 g/mol. The minimum absolute atomic E-state index is 0.534. The lowest BCUT2D eigenvalue weighted by Crippen LogP contribution is -2.36. The number of nitrogens with zero attached hydrogens (tertiary/aromatic N) is 2. The standard InChI is InChI=1S/C26H23N3O2/c1-30-26-10-7-19(15-20(26)17-27)22-3-2-4-24-23(22)16-25(28-24)18-5-8-21(9-6-18)29-11-13-31-14-12-29/h2-10,15-16,28H,11-14H2,1H3. The van der Waals surface area contributed by atoms with Gasteiger partial charge in [0, 0.05) is 35.4 Å². The second-order valence-corrected chi connectivity index (χ2v) is 7.62. The summed E-state index contributed by atoms with van der Waals surface area (Å²) in [6.07, 6.45) is 0. The molecule has 0 spiro atoms. The Hall–Kier alpha value is -3.75. The van der Waals surface area contributed by atoms with Crippen LogP contribution in [0.2, 0.25) is 0 Å². The van der Waals surface area contributed by atoms with E-state index in [-0.39, 0.29) is 0 Å². The number of benzene rings is 3. The quantitative estimate of drug-likeness (QED) is 0.502. The average molecular weight is 409 g/mol. The largest absolute Gasteiger partial charge is 0.495 e. The molecule has 31 heavy (non-hydrogen) atoms. The molecule has 5 heteroatoms. The van der Waals surface area contributed by atoms with Gasteiger partial charge in [-0.2, -0.15) is 5.26 Å². The van der Waals surface area contributed by atoms with Gasteiger partial charge in [0.1, 0.15) is 11.8 Å². The second-order valence-electron chi connectivity index (χ2n) is 7.62. The van der Waals surface area contributed by atoms with Crippen molar-refractivity contribution in [1.29, 1.82) is 5.26 Å². The normalized spacial score (nSPS) is 13.9. The van der Waals surface area contributed by atoms with E-state index in [9.17, 15) is 5.26 Å². The summed E-state index contributed by atoms with van der Waals surface area (Å²) in [6, 6.07) is 25.0. The Morgan fingerprint density at radius 1 is 0.968 bits per heavy atom. The minimum atomic E-state index is 0.534. The predicted octanol–water partition coefficient (Wildman–Crippen LogP) is 5.22. The summed E-state index contributed by atoms with van der Waals surface area (Å²) in [6.45, 7) is 3.43.